The van der Waals surface area contributed by atoms with Crippen molar-refractivity contribution in [3.8, 4) is 0 Å². The number of aliphatic imine (C=N–C) groups is 1. The van der Waals surface area contributed by atoms with E-state index in [1.807, 2.05) is 7.05 Å². The topological polar surface area (TPSA) is 58.1 Å². The summed E-state index contributed by atoms with van der Waals surface area (Å²) < 4.78 is 10.7. The lowest BCUT2D eigenvalue weighted by molar-refractivity contribution is 0.0177. The van der Waals surface area contributed by atoms with Crippen LogP contribution in [0.1, 0.15) is 22.0 Å². The highest BCUT2D eigenvalue weighted by Crippen LogP contribution is 2.25. The Morgan fingerprint density at radius 2 is 1.93 bits per heavy atom. The Bertz CT molecular complexity index is 713. The van der Waals surface area contributed by atoms with E-state index in [4.69, 9.17) is 9.47 Å². The number of nitrogens with one attached hydrogen (secondary N) is 2. The zero-order valence-corrected chi connectivity index (χ0v) is 17.5. The molecule has 2 aromatic rings. The molecule has 0 bridgehead atoms. The molecule has 1 aromatic heterocycles. The van der Waals surface area contributed by atoms with Crippen molar-refractivity contribution in [1.29, 1.82) is 0 Å². The van der Waals surface area contributed by atoms with Gasteiger partial charge < -0.3 is 20.1 Å². The molecular formula is C21H30N4O2S. The number of thiophene rings is 1. The lowest BCUT2D eigenvalue weighted by Crippen LogP contribution is -2.46. The molecule has 2 heterocycles. The van der Waals surface area contributed by atoms with E-state index in [1.165, 1.54) is 16.0 Å². The molecule has 1 fully saturated rings. The average molecular weight is 403 g/mol. The smallest absolute Gasteiger partial charge is 0.191 e. The second-order valence-corrected chi connectivity index (χ2v) is 7.72. The molecule has 0 radical (unpaired) electrons. The van der Waals surface area contributed by atoms with Crippen LogP contribution in [0, 0.1) is 0 Å². The van der Waals surface area contributed by atoms with Gasteiger partial charge in [0.2, 0.25) is 0 Å². The van der Waals surface area contributed by atoms with Gasteiger partial charge in [-0.25, -0.2) is 0 Å². The minimum Gasteiger partial charge on any atom is -0.380 e. The van der Waals surface area contributed by atoms with Gasteiger partial charge in [-0.05, 0) is 22.6 Å². The van der Waals surface area contributed by atoms with E-state index < -0.39 is 0 Å². The molecule has 7 heteroatoms. The van der Waals surface area contributed by atoms with Gasteiger partial charge in [0.1, 0.15) is 0 Å². The number of ether oxygens (including phenoxy) is 2. The molecule has 1 atom stereocenters. The molecule has 0 spiro atoms. The van der Waals surface area contributed by atoms with Gasteiger partial charge in [-0.15, -0.1) is 11.3 Å². The first kappa shape index (κ1) is 20.8. The minimum absolute atomic E-state index is 0.329. The van der Waals surface area contributed by atoms with Gasteiger partial charge >= 0.3 is 0 Å². The predicted octanol–water partition coefficient (Wildman–Crippen LogP) is 2.63. The van der Waals surface area contributed by atoms with Gasteiger partial charge in [0, 0.05) is 45.2 Å². The Morgan fingerprint density at radius 3 is 2.57 bits per heavy atom. The molecule has 0 saturated carbocycles. The van der Waals surface area contributed by atoms with Gasteiger partial charge in [-0.3, -0.25) is 9.89 Å². The maximum absolute atomic E-state index is 5.52. The first-order chi connectivity index (χ1) is 13.8. The van der Waals surface area contributed by atoms with Crippen LogP contribution in [0.3, 0.4) is 0 Å². The molecule has 6 nitrogen and oxygen atoms in total. The Hall–Kier alpha value is -1.93. The van der Waals surface area contributed by atoms with Crippen LogP contribution in [0.5, 0.6) is 0 Å². The number of nitrogens with zero attached hydrogens (tertiary/aromatic N) is 2. The summed E-state index contributed by atoms with van der Waals surface area (Å²) in [5.74, 6) is 0.816. The summed E-state index contributed by atoms with van der Waals surface area (Å²) in [6, 6.07) is 13.1. The van der Waals surface area contributed by atoms with E-state index in [2.05, 4.69) is 62.3 Å². The second kappa shape index (κ2) is 11.2. The fraction of sp³-hybridized carbons (Fsp3) is 0.476. The normalized spacial score (nSPS) is 16.7. The van der Waals surface area contributed by atoms with Crippen molar-refractivity contribution in [2.24, 2.45) is 4.99 Å². The Balaban J connectivity index is 1.54. The van der Waals surface area contributed by atoms with Gasteiger partial charge in [-0.2, -0.15) is 0 Å². The number of hydrogen-bond acceptors (Lipinski definition) is 5. The van der Waals surface area contributed by atoms with Crippen LogP contribution in [-0.2, 0) is 22.6 Å². The largest absolute Gasteiger partial charge is 0.380 e. The first-order valence-corrected chi connectivity index (χ1v) is 10.5. The molecule has 0 aliphatic carbocycles. The van der Waals surface area contributed by atoms with E-state index >= 15 is 0 Å². The third-order valence-corrected chi connectivity index (χ3v) is 5.81. The highest BCUT2D eigenvalue weighted by Gasteiger charge is 2.23. The van der Waals surface area contributed by atoms with Crippen molar-refractivity contribution in [3.63, 3.8) is 0 Å². The van der Waals surface area contributed by atoms with Crippen molar-refractivity contribution in [3.05, 3.63) is 57.8 Å². The van der Waals surface area contributed by atoms with Crippen molar-refractivity contribution in [2.75, 3.05) is 47.0 Å². The van der Waals surface area contributed by atoms with Crippen molar-refractivity contribution >= 4 is 17.3 Å². The highest BCUT2D eigenvalue weighted by molar-refractivity contribution is 7.10. The number of guanidine groups is 1. The summed E-state index contributed by atoms with van der Waals surface area (Å²) in [5, 5.41) is 9.05. The van der Waals surface area contributed by atoms with E-state index in [9.17, 15) is 0 Å². The predicted molar refractivity (Wildman–Crippen MR) is 115 cm³/mol. The summed E-state index contributed by atoms with van der Waals surface area (Å²) >= 11 is 1.81. The van der Waals surface area contributed by atoms with E-state index in [0.717, 1.165) is 45.4 Å². The second-order valence-electron chi connectivity index (χ2n) is 6.74. The van der Waals surface area contributed by atoms with Crippen molar-refractivity contribution in [1.82, 2.24) is 15.5 Å². The zero-order valence-electron chi connectivity index (χ0n) is 16.7. The molecule has 3 rings (SSSR count). The average Bonchev–Trinajstić information content (AvgIpc) is 3.27. The summed E-state index contributed by atoms with van der Waals surface area (Å²) in [7, 11) is 3.53. The van der Waals surface area contributed by atoms with Gasteiger partial charge in [0.05, 0.1) is 25.9 Å². The zero-order chi connectivity index (χ0) is 19.6. The number of rotatable bonds is 8. The molecule has 1 aliphatic heterocycles. The van der Waals surface area contributed by atoms with Crippen LogP contribution in [0.2, 0.25) is 0 Å². The Labute approximate surface area is 171 Å². The van der Waals surface area contributed by atoms with Gasteiger partial charge in [0.25, 0.3) is 0 Å². The van der Waals surface area contributed by atoms with Gasteiger partial charge in [0.15, 0.2) is 5.96 Å². The third-order valence-electron chi connectivity index (χ3n) is 4.84. The van der Waals surface area contributed by atoms with Crippen LogP contribution in [-0.4, -0.2) is 57.9 Å². The van der Waals surface area contributed by atoms with Crippen molar-refractivity contribution < 1.29 is 9.47 Å². The number of hydrogen-bond donors (Lipinski definition) is 2. The SMILES string of the molecule is CN=C(NCc1ccc(COC)cc1)NCC(c1cccs1)N1CCOCC1. The number of methoxy groups -OCH3 is 1. The molecule has 1 aliphatic rings. The highest BCUT2D eigenvalue weighted by atomic mass is 32.1. The minimum atomic E-state index is 0.329. The summed E-state index contributed by atoms with van der Waals surface area (Å²) in [6.45, 7) is 5.71. The van der Waals surface area contributed by atoms with Crippen molar-refractivity contribution in [2.45, 2.75) is 19.2 Å². The summed E-state index contributed by atoms with van der Waals surface area (Å²) in [5.41, 5.74) is 2.39. The lowest BCUT2D eigenvalue weighted by Gasteiger charge is -2.34. The molecule has 152 valence electrons. The van der Waals surface area contributed by atoms with Gasteiger partial charge in [-0.1, -0.05) is 30.3 Å². The van der Waals surface area contributed by atoms with Crippen LogP contribution < -0.4 is 10.6 Å². The molecule has 0 amide bonds. The molecule has 28 heavy (non-hydrogen) atoms. The number of benzene rings is 1. The molecular weight excluding hydrogens is 372 g/mol. The van der Waals surface area contributed by atoms with E-state index in [1.54, 1.807) is 18.4 Å². The fourth-order valence-corrected chi connectivity index (χ4v) is 4.16. The maximum atomic E-state index is 5.52. The quantitative estimate of drug-likeness (QED) is 0.525. The maximum Gasteiger partial charge on any atom is 0.191 e. The fourth-order valence-electron chi connectivity index (χ4n) is 3.30. The monoisotopic (exact) mass is 402 g/mol. The third kappa shape index (κ3) is 6.04. The van der Waals surface area contributed by atoms with E-state index in [0.29, 0.717) is 12.6 Å². The van der Waals surface area contributed by atoms with E-state index in [-0.39, 0.29) is 0 Å². The molecule has 2 N–H and O–H groups in total. The van der Waals surface area contributed by atoms with Crippen LogP contribution in [0.25, 0.3) is 0 Å². The first-order valence-electron chi connectivity index (χ1n) is 9.66. The standard InChI is InChI=1S/C21H30N4O2S/c1-22-21(23-14-17-5-7-18(8-6-17)16-26-2)24-15-19(20-4-3-13-28-20)25-9-11-27-12-10-25/h3-8,13,19H,9-12,14-16H2,1-2H3,(H2,22,23,24). The van der Waals surface area contributed by atoms with Crippen LogP contribution in [0.15, 0.2) is 46.8 Å². The summed E-state index contributed by atoms with van der Waals surface area (Å²) in [6.07, 6.45) is 0. The molecule has 1 aromatic carbocycles. The van der Waals surface area contributed by atoms with Crippen LogP contribution >= 0.6 is 11.3 Å². The molecule has 1 saturated heterocycles. The molecule has 1 unspecified atom stereocenters. The van der Waals surface area contributed by atoms with Crippen LogP contribution in [0.4, 0.5) is 0 Å². The lowest BCUT2D eigenvalue weighted by atomic mass is 10.1. The Morgan fingerprint density at radius 1 is 1.18 bits per heavy atom. The summed E-state index contributed by atoms with van der Waals surface area (Å²) in [4.78, 5) is 8.25. The number of morpholine rings is 1. The Kier molecular flexibility index (Phi) is 8.29.